The SMILES string of the molecule is CC1CCCCN1C(CN)c1cccc(C(F)(F)F)c1. The van der Waals surface area contributed by atoms with Crippen molar-refractivity contribution in [1.82, 2.24) is 4.90 Å². The molecular weight excluding hydrogens is 265 g/mol. The molecule has 112 valence electrons. The molecule has 0 bridgehead atoms. The summed E-state index contributed by atoms with van der Waals surface area (Å²) in [6.45, 7) is 3.36. The van der Waals surface area contributed by atoms with Gasteiger partial charge in [-0.05, 0) is 44.0 Å². The fraction of sp³-hybridized carbons (Fsp3) is 0.600. The van der Waals surface area contributed by atoms with Gasteiger partial charge in [0.15, 0.2) is 0 Å². The lowest BCUT2D eigenvalue weighted by Gasteiger charge is -2.39. The highest BCUT2D eigenvalue weighted by atomic mass is 19.4. The van der Waals surface area contributed by atoms with E-state index in [1.807, 2.05) is 0 Å². The van der Waals surface area contributed by atoms with Gasteiger partial charge < -0.3 is 5.73 Å². The molecule has 20 heavy (non-hydrogen) atoms. The zero-order valence-corrected chi connectivity index (χ0v) is 11.7. The Kier molecular flexibility index (Phi) is 4.70. The minimum Gasteiger partial charge on any atom is -0.329 e. The van der Waals surface area contributed by atoms with Gasteiger partial charge in [0.25, 0.3) is 0 Å². The second kappa shape index (κ2) is 6.14. The van der Waals surface area contributed by atoms with Gasteiger partial charge in [0, 0.05) is 18.6 Å². The zero-order valence-electron chi connectivity index (χ0n) is 11.7. The quantitative estimate of drug-likeness (QED) is 0.920. The number of hydrogen-bond donors (Lipinski definition) is 1. The van der Waals surface area contributed by atoms with Gasteiger partial charge in [-0.3, -0.25) is 4.90 Å². The molecule has 0 saturated carbocycles. The molecule has 1 aliphatic heterocycles. The molecule has 0 spiro atoms. The predicted octanol–water partition coefficient (Wildman–Crippen LogP) is 3.58. The van der Waals surface area contributed by atoms with Gasteiger partial charge in [-0.25, -0.2) is 0 Å². The summed E-state index contributed by atoms with van der Waals surface area (Å²) in [6.07, 6.45) is -0.963. The molecular formula is C15H21F3N2. The van der Waals surface area contributed by atoms with Gasteiger partial charge >= 0.3 is 6.18 Å². The van der Waals surface area contributed by atoms with Crippen molar-refractivity contribution in [2.45, 2.75) is 44.4 Å². The molecule has 2 rings (SSSR count). The number of benzene rings is 1. The van der Waals surface area contributed by atoms with Crippen molar-refractivity contribution in [3.63, 3.8) is 0 Å². The van der Waals surface area contributed by atoms with Crippen LogP contribution in [0.5, 0.6) is 0 Å². The first-order chi connectivity index (χ1) is 9.43. The van der Waals surface area contributed by atoms with Crippen LogP contribution in [0, 0.1) is 0 Å². The Morgan fingerprint density at radius 2 is 2.10 bits per heavy atom. The second-order valence-corrected chi connectivity index (χ2v) is 5.46. The number of alkyl halides is 3. The number of halogens is 3. The minimum absolute atomic E-state index is 0.132. The predicted molar refractivity (Wildman–Crippen MR) is 73.3 cm³/mol. The number of nitrogens with zero attached hydrogens (tertiary/aromatic N) is 1. The van der Waals surface area contributed by atoms with Crippen molar-refractivity contribution >= 4 is 0 Å². The van der Waals surface area contributed by atoms with Crippen LogP contribution in [0.2, 0.25) is 0 Å². The molecule has 2 unspecified atom stereocenters. The molecule has 0 aromatic heterocycles. The Morgan fingerprint density at radius 1 is 1.35 bits per heavy atom. The third-order valence-electron chi connectivity index (χ3n) is 4.08. The van der Waals surface area contributed by atoms with Crippen LogP contribution < -0.4 is 5.73 Å². The van der Waals surface area contributed by atoms with Crippen LogP contribution in [0.4, 0.5) is 13.2 Å². The molecule has 5 heteroatoms. The van der Waals surface area contributed by atoms with Gasteiger partial charge in [0.1, 0.15) is 0 Å². The van der Waals surface area contributed by atoms with Gasteiger partial charge in [0.05, 0.1) is 5.56 Å². The van der Waals surface area contributed by atoms with E-state index in [2.05, 4.69) is 11.8 Å². The molecule has 1 heterocycles. The monoisotopic (exact) mass is 286 g/mol. The van der Waals surface area contributed by atoms with Crippen LogP contribution in [-0.2, 0) is 6.18 Å². The fourth-order valence-electron chi connectivity index (χ4n) is 2.97. The first kappa shape index (κ1) is 15.3. The summed E-state index contributed by atoms with van der Waals surface area (Å²) >= 11 is 0. The normalized spacial score (nSPS) is 22.8. The summed E-state index contributed by atoms with van der Waals surface area (Å²) in [5, 5.41) is 0. The molecule has 0 amide bonds. The smallest absolute Gasteiger partial charge is 0.329 e. The largest absolute Gasteiger partial charge is 0.416 e. The Hall–Kier alpha value is -1.07. The second-order valence-electron chi connectivity index (χ2n) is 5.46. The maximum atomic E-state index is 12.8. The van der Waals surface area contributed by atoms with Crippen LogP contribution in [0.3, 0.4) is 0 Å². The average molecular weight is 286 g/mol. The Morgan fingerprint density at radius 3 is 2.70 bits per heavy atom. The van der Waals surface area contributed by atoms with E-state index >= 15 is 0 Å². The molecule has 2 nitrogen and oxygen atoms in total. The summed E-state index contributed by atoms with van der Waals surface area (Å²) in [5.41, 5.74) is 5.90. The molecule has 1 aromatic rings. The van der Waals surface area contributed by atoms with Gasteiger partial charge in [0.2, 0.25) is 0 Å². The lowest BCUT2D eigenvalue weighted by atomic mass is 9.96. The van der Waals surface area contributed by atoms with Crippen LogP contribution in [0.1, 0.15) is 43.4 Å². The minimum atomic E-state index is -4.30. The van der Waals surface area contributed by atoms with Crippen molar-refractivity contribution in [3.8, 4) is 0 Å². The van der Waals surface area contributed by atoms with E-state index in [0.29, 0.717) is 18.2 Å². The number of likely N-dealkylation sites (tertiary alicyclic amines) is 1. The Bertz CT molecular complexity index is 445. The fourth-order valence-corrected chi connectivity index (χ4v) is 2.97. The average Bonchev–Trinajstić information content (AvgIpc) is 2.41. The summed E-state index contributed by atoms with van der Waals surface area (Å²) < 4.78 is 38.4. The van der Waals surface area contributed by atoms with E-state index in [0.717, 1.165) is 25.5 Å². The van der Waals surface area contributed by atoms with E-state index in [1.54, 1.807) is 6.07 Å². The summed E-state index contributed by atoms with van der Waals surface area (Å²) in [6, 6.07) is 5.79. The lowest BCUT2D eigenvalue weighted by Crippen LogP contribution is -2.43. The first-order valence-corrected chi connectivity index (χ1v) is 7.06. The highest BCUT2D eigenvalue weighted by Gasteiger charge is 2.32. The highest BCUT2D eigenvalue weighted by Crippen LogP contribution is 2.33. The molecule has 2 atom stereocenters. The zero-order chi connectivity index (χ0) is 14.8. The molecule has 2 N–H and O–H groups in total. The highest BCUT2D eigenvalue weighted by molar-refractivity contribution is 5.28. The molecule has 0 aliphatic carbocycles. The molecule has 1 aliphatic rings. The molecule has 0 radical (unpaired) electrons. The van der Waals surface area contributed by atoms with Crippen molar-refractivity contribution < 1.29 is 13.2 Å². The molecule has 1 fully saturated rings. The van der Waals surface area contributed by atoms with Crippen molar-refractivity contribution in [3.05, 3.63) is 35.4 Å². The van der Waals surface area contributed by atoms with Crippen molar-refractivity contribution in [1.29, 1.82) is 0 Å². The lowest BCUT2D eigenvalue weighted by molar-refractivity contribution is -0.137. The van der Waals surface area contributed by atoms with E-state index in [4.69, 9.17) is 5.73 Å². The van der Waals surface area contributed by atoms with Crippen LogP contribution >= 0.6 is 0 Å². The molecule has 1 aromatic carbocycles. The van der Waals surface area contributed by atoms with Crippen molar-refractivity contribution in [2.75, 3.05) is 13.1 Å². The summed E-state index contributed by atoms with van der Waals surface area (Å²) in [4.78, 5) is 2.24. The molecule has 1 saturated heterocycles. The number of nitrogens with two attached hydrogens (primary N) is 1. The maximum absolute atomic E-state index is 12.8. The van der Waals surface area contributed by atoms with Crippen molar-refractivity contribution in [2.24, 2.45) is 5.73 Å². The third kappa shape index (κ3) is 3.33. The van der Waals surface area contributed by atoms with E-state index < -0.39 is 11.7 Å². The van der Waals surface area contributed by atoms with Gasteiger partial charge in [-0.1, -0.05) is 18.6 Å². The van der Waals surface area contributed by atoms with Crippen LogP contribution in [-0.4, -0.2) is 24.0 Å². The van der Waals surface area contributed by atoms with E-state index in [9.17, 15) is 13.2 Å². The standard InChI is InChI=1S/C15H21F3N2/c1-11-5-2-3-8-20(11)14(10-19)12-6-4-7-13(9-12)15(16,17)18/h4,6-7,9,11,14H,2-3,5,8,10,19H2,1H3. The summed E-state index contributed by atoms with van der Waals surface area (Å²) in [7, 11) is 0. The van der Waals surface area contributed by atoms with Crippen LogP contribution in [0.15, 0.2) is 24.3 Å². The third-order valence-corrected chi connectivity index (χ3v) is 4.08. The maximum Gasteiger partial charge on any atom is 0.416 e. The number of rotatable bonds is 3. The van der Waals surface area contributed by atoms with Crippen LogP contribution in [0.25, 0.3) is 0 Å². The first-order valence-electron chi connectivity index (χ1n) is 7.06. The number of piperidine rings is 1. The number of hydrogen-bond acceptors (Lipinski definition) is 2. The van der Waals surface area contributed by atoms with E-state index in [-0.39, 0.29) is 6.04 Å². The Balaban J connectivity index is 2.27. The van der Waals surface area contributed by atoms with Gasteiger partial charge in [-0.15, -0.1) is 0 Å². The van der Waals surface area contributed by atoms with Gasteiger partial charge in [-0.2, -0.15) is 13.2 Å². The van der Waals surface area contributed by atoms with E-state index in [1.165, 1.54) is 18.6 Å². The topological polar surface area (TPSA) is 29.3 Å². The summed E-state index contributed by atoms with van der Waals surface area (Å²) in [5.74, 6) is 0. The Labute approximate surface area is 117 Å².